The van der Waals surface area contributed by atoms with E-state index in [1.165, 1.54) is 19.3 Å². The van der Waals surface area contributed by atoms with Gasteiger partial charge in [0.1, 0.15) is 0 Å². The zero-order valence-electron chi connectivity index (χ0n) is 12.2. The molecule has 3 rings (SSSR count). The molecule has 1 amide bonds. The van der Waals surface area contributed by atoms with Crippen molar-refractivity contribution in [3.05, 3.63) is 48.2 Å². The first-order valence-corrected chi connectivity index (χ1v) is 7.85. The highest BCUT2D eigenvalue weighted by Crippen LogP contribution is 2.39. The van der Waals surface area contributed by atoms with Crippen LogP contribution in [0, 0.1) is 0 Å². The Hall–Kier alpha value is -1.57. The normalized spacial score (nSPS) is 27.2. The summed E-state index contributed by atoms with van der Waals surface area (Å²) in [7, 11) is 0. The molecule has 1 heterocycles. The van der Waals surface area contributed by atoms with Crippen LogP contribution < -0.4 is 0 Å². The van der Waals surface area contributed by atoms with Crippen molar-refractivity contribution in [2.75, 3.05) is 0 Å². The molecule has 0 aromatic heterocycles. The Morgan fingerprint density at radius 1 is 1.15 bits per heavy atom. The molecule has 106 valence electrons. The van der Waals surface area contributed by atoms with Gasteiger partial charge in [-0.05, 0) is 30.9 Å². The number of carbonyl (C=O) groups is 1. The van der Waals surface area contributed by atoms with Crippen LogP contribution in [0.3, 0.4) is 0 Å². The Labute approximate surface area is 121 Å². The summed E-state index contributed by atoms with van der Waals surface area (Å²) in [4.78, 5) is 15.0. The second-order valence-corrected chi connectivity index (χ2v) is 6.01. The Kier molecular flexibility index (Phi) is 3.64. The van der Waals surface area contributed by atoms with Crippen molar-refractivity contribution in [1.82, 2.24) is 4.90 Å². The van der Waals surface area contributed by atoms with E-state index in [4.69, 9.17) is 0 Å². The van der Waals surface area contributed by atoms with Gasteiger partial charge in [-0.25, -0.2) is 0 Å². The highest BCUT2D eigenvalue weighted by Gasteiger charge is 2.44. The van der Waals surface area contributed by atoms with Crippen LogP contribution in [0.5, 0.6) is 0 Å². The van der Waals surface area contributed by atoms with Crippen LogP contribution in [0.1, 0.15) is 51.0 Å². The van der Waals surface area contributed by atoms with E-state index in [1.54, 1.807) is 0 Å². The first-order chi connectivity index (χ1) is 9.78. The zero-order valence-corrected chi connectivity index (χ0v) is 12.2. The summed E-state index contributed by atoms with van der Waals surface area (Å²) in [6.07, 6.45) is 11.2. The molecule has 2 aliphatic rings. The van der Waals surface area contributed by atoms with Gasteiger partial charge in [0.25, 0.3) is 0 Å². The fraction of sp³-hybridized carbons (Fsp3) is 0.500. The van der Waals surface area contributed by atoms with Crippen molar-refractivity contribution in [2.45, 2.75) is 56.9 Å². The molecular formula is C18H23NO. The predicted molar refractivity (Wildman–Crippen MR) is 81.3 cm³/mol. The van der Waals surface area contributed by atoms with Crippen molar-refractivity contribution in [1.29, 1.82) is 0 Å². The minimum absolute atomic E-state index is 0.276. The lowest BCUT2D eigenvalue weighted by molar-refractivity contribution is -0.133. The maximum absolute atomic E-state index is 13.0. The highest BCUT2D eigenvalue weighted by atomic mass is 16.2. The number of hydrogen-bond acceptors (Lipinski definition) is 1. The summed E-state index contributed by atoms with van der Waals surface area (Å²) >= 11 is 0. The molecule has 0 N–H and O–H groups in total. The van der Waals surface area contributed by atoms with Crippen molar-refractivity contribution in [3.63, 3.8) is 0 Å². The van der Waals surface area contributed by atoms with Gasteiger partial charge in [-0.3, -0.25) is 4.79 Å². The van der Waals surface area contributed by atoms with Crippen LogP contribution in [0.2, 0.25) is 0 Å². The Morgan fingerprint density at radius 2 is 1.85 bits per heavy atom. The van der Waals surface area contributed by atoms with Gasteiger partial charge in [0.2, 0.25) is 5.91 Å². The number of carbonyl (C=O) groups excluding carboxylic acids is 1. The quantitative estimate of drug-likeness (QED) is 0.811. The van der Waals surface area contributed by atoms with Crippen LogP contribution >= 0.6 is 0 Å². The molecule has 1 saturated carbocycles. The van der Waals surface area contributed by atoms with E-state index in [0.717, 1.165) is 24.8 Å². The largest absolute Gasteiger partial charge is 0.315 e. The Morgan fingerprint density at radius 3 is 2.50 bits per heavy atom. The third-order valence-electron chi connectivity index (χ3n) is 4.95. The monoisotopic (exact) mass is 269 g/mol. The number of nitrogens with zero attached hydrogens (tertiary/aromatic N) is 1. The second-order valence-electron chi connectivity index (χ2n) is 6.01. The zero-order chi connectivity index (χ0) is 14.0. The van der Waals surface area contributed by atoms with Crippen molar-refractivity contribution < 1.29 is 4.79 Å². The number of rotatable bonds is 3. The van der Waals surface area contributed by atoms with Gasteiger partial charge in [0, 0.05) is 12.2 Å². The third kappa shape index (κ3) is 2.07. The van der Waals surface area contributed by atoms with Crippen LogP contribution in [0.15, 0.2) is 42.6 Å². The smallest absolute Gasteiger partial charge is 0.241 e. The van der Waals surface area contributed by atoms with Gasteiger partial charge >= 0.3 is 0 Å². The first-order valence-electron chi connectivity index (χ1n) is 7.85. The summed E-state index contributed by atoms with van der Waals surface area (Å²) in [5.41, 5.74) is 0.695. The molecule has 1 atom stereocenters. The van der Waals surface area contributed by atoms with E-state index < -0.39 is 5.41 Å². The molecule has 1 aliphatic carbocycles. The second kappa shape index (κ2) is 5.43. The topological polar surface area (TPSA) is 20.3 Å². The van der Waals surface area contributed by atoms with Crippen LogP contribution in [-0.4, -0.2) is 16.8 Å². The molecule has 1 fully saturated rings. The molecule has 1 aromatic rings. The molecule has 1 aliphatic heterocycles. The lowest BCUT2D eigenvalue weighted by Gasteiger charge is -2.33. The molecule has 0 bridgehead atoms. The van der Waals surface area contributed by atoms with E-state index in [0.29, 0.717) is 6.04 Å². The number of amides is 1. The lowest BCUT2D eigenvalue weighted by Crippen LogP contribution is -2.43. The minimum Gasteiger partial charge on any atom is -0.315 e. The lowest BCUT2D eigenvalue weighted by atomic mass is 9.78. The average molecular weight is 269 g/mol. The molecule has 0 radical (unpaired) electrons. The SMILES string of the molecule is CCC1(c2ccccc2)C=CN(C2CCCCC2)C1=O. The summed E-state index contributed by atoms with van der Waals surface area (Å²) < 4.78 is 0. The van der Waals surface area contributed by atoms with Gasteiger partial charge in [-0.1, -0.05) is 56.5 Å². The maximum Gasteiger partial charge on any atom is 0.241 e. The van der Waals surface area contributed by atoms with E-state index in [1.807, 2.05) is 23.1 Å². The molecule has 0 saturated heterocycles. The third-order valence-corrected chi connectivity index (χ3v) is 4.95. The summed E-state index contributed by atoms with van der Waals surface area (Å²) in [6.45, 7) is 2.11. The molecular weight excluding hydrogens is 246 g/mol. The van der Waals surface area contributed by atoms with E-state index in [9.17, 15) is 4.79 Å². The average Bonchev–Trinajstić information content (AvgIpc) is 2.87. The molecule has 20 heavy (non-hydrogen) atoms. The summed E-state index contributed by atoms with van der Waals surface area (Å²) in [5.74, 6) is 0.276. The minimum atomic E-state index is -0.432. The fourth-order valence-corrected chi connectivity index (χ4v) is 3.65. The van der Waals surface area contributed by atoms with Gasteiger partial charge in [-0.2, -0.15) is 0 Å². The molecule has 1 unspecified atom stereocenters. The molecule has 2 nitrogen and oxygen atoms in total. The first kappa shape index (κ1) is 13.4. The van der Waals surface area contributed by atoms with Crippen molar-refractivity contribution >= 4 is 5.91 Å². The summed E-state index contributed by atoms with van der Waals surface area (Å²) in [5, 5.41) is 0. The molecule has 2 heteroatoms. The summed E-state index contributed by atoms with van der Waals surface area (Å²) in [6, 6.07) is 10.6. The van der Waals surface area contributed by atoms with Crippen molar-refractivity contribution in [2.24, 2.45) is 0 Å². The van der Waals surface area contributed by atoms with Crippen LogP contribution in [-0.2, 0) is 10.2 Å². The predicted octanol–water partition coefficient (Wildman–Crippen LogP) is 4.02. The van der Waals surface area contributed by atoms with Gasteiger partial charge in [0.05, 0.1) is 5.41 Å². The fourth-order valence-electron chi connectivity index (χ4n) is 3.65. The van der Waals surface area contributed by atoms with Crippen LogP contribution in [0.4, 0.5) is 0 Å². The highest BCUT2D eigenvalue weighted by molar-refractivity contribution is 5.94. The maximum atomic E-state index is 13.0. The standard InChI is InChI=1S/C18H23NO/c1-2-18(15-9-5-3-6-10-15)13-14-19(17(18)20)16-11-7-4-8-12-16/h3,5-6,9-10,13-14,16H,2,4,7-8,11-12H2,1H3. The van der Waals surface area contributed by atoms with E-state index >= 15 is 0 Å². The Balaban J connectivity index is 1.88. The number of benzene rings is 1. The molecule has 0 spiro atoms. The van der Waals surface area contributed by atoms with Crippen molar-refractivity contribution in [3.8, 4) is 0 Å². The van der Waals surface area contributed by atoms with E-state index in [-0.39, 0.29) is 5.91 Å². The molecule has 1 aromatic carbocycles. The Bertz CT molecular complexity index is 501. The van der Waals surface area contributed by atoms with Gasteiger partial charge in [-0.15, -0.1) is 0 Å². The van der Waals surface area contributed by atoms with E-state index in [2.05, 4.69) is 31.3 Å². The van der Waals surface area contributed by atoms with Gasteiger partial charge in [0.15, 0.2) is 0 Å². The van der Waals surface area contributed by atoms with Gasteiger partial charge < -0.3 is 4.90 Å². The van der Waals surface area contributed by atoms with Crippen LogP contribution in [0.25, 0.3) is 0 Å². The number of hydrogen-bond donors (Lipinski definition) is 0.